The lowest BCUT2D eigenvalue weighted by Crippen LogP contribution is -2.11. The van der Waals surface area contributed by atoms with Gasteiger partial charge in [-0.15, -0.1) is 0 Å². The van der Waals surface area contributed by atoms with E-state index in [2.05, 4.69) is 5.32 Å². The van der Waals surface area contributed by atoms with Crippen LogP contribution in [0.2, 0.25) is 0 Å². The number of carbonyl (C=O) groups excluding carboxylic acids is 2. The summed E-state index contributed by atoms with van der Waals surface area (Å²) >= 11 is 0. The molecule has 14 heavy (non-hydrogen) atoms. The van der Waals surface area contributed by atoms with Crippen molar-refractivity contribution in [2.45, 2.75) is 19.8 Å². The van der Waals surface area contributed by atoms with Gasteiger partial charge in [-0.25, -0.2) is 0 Å². The standard InChI is InChI=1S/C11H12NO2/c1-2-5-11(14)12-10-7-4-3-6-9(10)8-13/h3-4,6-7H,2,5H2,1H3,(H,12,14). The number of rotatable bonds is 4. The first-order chi connectivity index (χ1) is 6.77. The number of para-hydroxylation sites is 1. The van der Waals surface area contributed by atoms with Crippen LogP contribution in [0.5, 0.6) is 0 Å². The predicted molar refractivity (Wildman–Crippen MR) is 54.8 cm³/mol. The van der Waals surface area contributed by atoms with E-state index in [-0.39, 0.29) is 5.91 Å². The summed E-state index contributed by atoms with van der Waals surface area (Å²) in [6.45, 7) is 1.93. The third kappa shape index (κ3) is 2.69. The van der Waals surface area contributed by atoms with Crippen LogP contribution in [-0.2, 0) is 9.59 Å². The minimum absolute atomic E-state index is 0.0739. The van der Waals surface area contributed by atoms with Crippen LogP contribution < -0.4 is 5.32 Å². The van der Waals surface area contributed by atoms with Crippen molar-refractivity contribution >= 4 is 17.9 Å². The Hall–Kier alpha value is -1.64. The molecule has 0 atom stereocenters. The van der Waals surface area contributed by atoms with Gasteiger partial charge >= 0.3 is 0 Å². The Labute approximate surface area is 83.1 Å². The van der Waals surface area contributed by atoms with E-state index in [9.17, 15) is 9.59 Å². The summed E-state index contributed by atoms with van der Waals surface area (Å²) in [7, 11) is 0. The third-order valence-electron chi connectivity index (χ3n) is 1.79. The van der Waals surface area contributed by atoms with Crippen LogP contribution in [0.25, 0.3) is 0 Å². The van der Waals surface area contributed by atoms with Gasteiger partial charge in [0.2, 0.25) is 12.2 Å². The number of carbonyl (C=O) groups is 1. The van der Waals surface area contributed by atoms with Crippen LogP contribution in [0.1, 0.15) is 25.3 Å². The molecule has 0 aromatic heterocycles. The van der Waals surface area contributed by atoms with Crippen molar-refractivity contribution in [2.24, 2.45) is 0 Å². The van der Waals surface area contributed by atoms with Crippen molar-refractivity contribution in [3.8, 4) is 0 Å². The van der Waals surface area contributed by atoms with Gasteiger partial charge in [0.05, 0.1) is 5.69 Å². The molecule has 0 saturated carbocycles. The minimum atomic E-state index is -0.0739. The zero-order chi connectivity index (χ0) is 10.4. The first kappa shape index (κ1) is 10.4. The fraction of sp³-hybridized carbons (Fsp3) is 0.273. The molecule has 1 radical (unpaired) electrons. The van der Waals surface area contributed by atoms with Crippen molar-refractivity contribution in [2.75, 3.05) is 5.32 Å². The highest BCUT2D eigenvalue weighted by Crippen LogP contribution is 2.12. The van der Waals surface area contributed by atoms with Crippen molar-refractivity contribution in [3.05, 3.63) is 29.8 Å². The van der Waals surface area contributed by atoms with Gasteiger partial charge in [0, 0.05) is 12.0 Å². The minimum Gasteiger partial charge on any atom is -0.325 e. The largest absolute Gasteiger partial charge is 0.325 e. The summed E-state index contributed by atoms with van der Waals surface area (Å²) in [6, 6.07) is 6.81. The first-order valence-electron chi connectivity index (χ1n) is 4.55. The molecule has 0 saturated heterocycles. The van der Waals surface area contributed by atoms with Gasteiger partial charge in [-0.2, -0.15) is 0 Å². The number of amides is 1. The molecule has 3 heteroatoms. The third-order valence-corrected chi connectivity index (χ3v) is 1.79. The van der Waals surface area contributed by atoms with Crippen molar-refractivity contribution in [1.29, 1.82) is 0 Å². The Balaban J connectivity index is 2.75. The highest BCUT2D eigenvalue weighted by molar-refractivity contribution is 5.96. The van der Waals surface area contributed by atoms with Gasteiger partial charge in [0.15, 0.2) is 0 Å². The molecular weight excluding hydrogens is 178 g/mol. The topological polar surface area (TPSA) is 46.2 Å². The Morgan fingerprint density at radius 3 is 2.79 bits per heavy atom. The zero-order valence-corrected chi connectivity index (χ0v) is 8.04. The molecule has 0 fully saturated rings. The summed E-state index contributed by atoms with van der Waals surface area (Å²) in [5.41, 5.74) is 0.915. The van der Waals surface area contributed by atoms with Gasteiger partial charge < -0.3 is 5.32 Å². The van der Waals surface area contributed by atoms with E-state index in [0.717, 1.165) is 6.42 Å². The fourth-order valence-electron chi connectivity index (χ4n) is 1.12. The van der Waals surface area contributed by atoms with Crippen LogP contribution in [0.4, 0.5) is 5.69 Å². The zero-order valence-electron chi connectivity index (χ0n) is 8.04. The molecule has 3 nitrogen and oxygen atoms in total. The molecule has 0 aliphatic heterocycles. The van der Waals surface area contributed by atoms with Crippen molar-refractivity contribution in [1.82, 2.24) is 0 Å². The van der Waals surface area contributed by atoms with Crippen molar-refractivity contribution in [3.63, 3.8) is 0 Å². The quantitative estimate of drug-likeness (QED) is 0.787. The average Bonchev–Trinajstić information content (AvgIpc) is 2.19. The number of hydrogen-bond donors (Lipinski definition) is 1. The number of benzene rings is 1. The summed E-state index contributed by atoms with van der Waals surface area (Å²) in [4.78, 5) is 21.7. The summed E-state index contributed by atoms with van der Waals surface area (Å²) in [6.07, 6.45) is 3.03. The number of anilines is 1. The van der Waals surface area contributed by atoms with E-state index in [0.29, 0.717) is 17.7 Å². The molecule has 1 aromatic carbocycles. The summed E-state index contributed by atoms with van der Waals surface area (Å²) in [5, 5.41) is 2.66. The Kier molecular flexibility index (Phi) is 3.85. The molecule has 1 amide bonds. The van der Waals surface area contributed by atoms with Gasteiger partial charge in [-0.1, -0.05) is 19.1 Å². The second kappa shape index (κ2) is 5.17. The average molecular weight is 190 g/mol. The van der Waals surface area contributed by atoms with E-state index < -0.39 is 0 Å². The molecule has 1 N–H and O–H groups in total. The molecule has 1 aromatic rings. The molecule has 0 aliphatic rings. The van der Waals surface area contributed by atoms with Crippen LogP contribution in [-0.4, -0.2) is 12.2 Å². The molecular formula is C11H12NO2. The maximum atomic E-state index is 11.2. The molecule has 0 bridgehead atoms. The fourth-order valence-corrected chi connectivity index (χ4v) is 1.12. The Morgan fingerprint density at radius 2 is 2.14 bits per heavy atom. The van der Waals surface area contributed by atoms with Gasteiger partial charge in [0.1, 0.15) is 0 Å². The maximum absolute atomic E-state index is 11.2. The van der Waals surface area contributed by atoms with E-state index >= 15 is 0 Å². The van der Waals surface area contributed by atoms with E-state index in [1.54, 1.807) is 30.6 Å². The van der Waals surface area contributed by atoms with E-state index in [1.165, 1.54) is 0 Å². The molecule has 0 heterocycles. The molecule has 73 valence electrons. The lowest BCUT2D eigenvalue weighted by molar-refractivity contribution is -0.116. The van der Waals surface area contributed by atoms with Gasteiger partial charge in [0.25, 0.3) is 0 Å². The van der Waals surface area contributed by atoms with Crippen LogP contribution >= 0.6 is 0 Å². The van der Waals surface area contributed by atoms with Crippen molar-refractivity contribution < 1.29 is 9.59 Å². The van der Waals surface area contributed by atoms with Crippen LogP contribution in [0.15, 0.2) is 24.3 Å². The molecule has 0 unspecified atom stereocenters. The number of nitrogens with one attached hydrogen (secondary N) is 1. The van der Waals surface area contributed by atoms with Gasteiger partial charge in [-0.05, 0) is 18.6 Å². The SMILES string of the molecule is CCCC(=O)Nc1ccccc1[C]=O. The van der Waals surface area contributed by atoms with E-state index in [1.807, 2.05) is 6.92 Å². The second-order valence-corrected chi connectivity index (χ2v) is 2.95. The molecule has 0 aliphatic carbocycles. The molecule has 1 rings (SSSR count). The second-order valence-electron chi connectivity index (χ2n) is 2.95. The summed E-state index contributed by atoms with van der Waals surface area (Å²) in [5.74, 6) is -0.0739. The Morgan fingerprint density at radius 1 is 1.43 bits per heavy atom. The van der Waals surface area contributed by atoms with Gasteiger partial charge in [-0.3, -0.25) is 9.59 Å². The first-order valence-corrected chi connectivity index (χ1v) is 4.55. The van der Waals surface area contributed by atoms with Crippen LogP contribution in [0.3, 0.4) is 0 Å². The predicted octanol–water partition coefficient (Wildman–Crippen LogP) is 1.88. The van der Waals surface area contributed by atoms with E-state index in [4.69, 9.17) is 0 Å². The lowest BCUT2D eigenvalue weighted by Gasteiger charge is -2.05. The molecule has 0 spiro atoms. The monoisotopic (exact) mass is 190 g/mol. The van der Waals surface area contributed by atoms with Crippen LogP contribution in [0, 0.1) is 0 Å². The number of hydrogen-bond acceptors (Lipinski definition) is 2. The highest BCUT2D eigenvalue weighted by atomic mass is 16.1. The lowest BCUT2D eigenvalue weighted by atomic mass is 10.2. The summed E-state index contributed by atoms with van der Waals surface area (Å²) < 4.78 is 0. The normalized spacial score (nSPS) is 9.50. The Bertz CT molecular complexity index is 334. The maximum Gasteiger partial charge on any atom is 0.235 e. The highest BCUT2D eigenvalue weighted by Gasteiger charge is 2.04. The smallest absolute Gasteiger partial charge is 0.235 e.